The smallest absolute Gasteiger partial charge is 0.290 e. The number of fused-ring (bicyclic) bond motifs is 3. The first-order valence-electron chi connectivity index (χ1n) is 13.7. The first kappa shape index (κ1) is 31.3. The van der Waals surface area contributed by atoms with Gasteiger partial charge in [-0.15, -0.1) is 11.8 Å². The summed E-state index contributed by atoms with van der Waals surface area (Å²) in [6, 6.07) is -1.04. The Balaban J connectivity index is 0.00000127. The zero-order valence-electron chi connectivity index (χ0n) is 22.9. The number of carbonyl (C=O) groups is 2. The lowest BCUT2D eigenvalue weighted by Crippen LogP contribution is -2.67. The summed E-state index contributed by atoms with van der Waals surface area (Å²) in [4.78, 5) is 22.0. The van der Waals surface area contributed by atoms with Crippen LogP contribution in [0.1, 0.15) is 53.4 Å². The van der Waals surface area contributed by atoms with Crippen LogP contribution in [-0.4, -0.2) is 99.7 Å². The zero-order valence-corrected chi connectivity index (χ0v) is 23.7. The number of allylic oxidation sites excluding steroid dienone is 1. The third-order valence-corrected chi connectivity index (χ3v) is 9.30. The summed E-state index contributed by atoms with van der Waals surface area (Å²) in [6.07, 6.45) is 3.16. The third-order valence-electron chi connectivity index (χ3n) is 8.19. The van der Waals surface area contributed by atoms with Gasteiger partial charge in [-0.25, -0.2) is 0 Å². The molecule has 10 nitrogen and oxygen atoms in total. The van der Waals surface area contributed by atoms with E-state index >= 15 is 0 Å². The maximum atomic E-state index is 13.7. The average molecular weight is 559 g/mol. The molecular weight excluding hydrogens is 512 g/mol. The van der Waals surface area contributed by atoms with Gasteiger partial charge in [-0.1, -0.05) is 39.8 Å². The number of carbonyl (C=O) groups excluding carboxylic acids is 1. The van der Waals surface area contributed by atoms with E-state index in [1.165, 1.54) is 18.2 Å². The Morgan fingerprint density at radius 2 is 1.89 bits per heavy atom. The van der Waals surface area contributed by atoms with Gasteiger partial charge in [0.25, 0.3) is 6.47 Å². The highest BCUT2D eigenvalue weighted by atomic mass is 32.2. The Kier molecular flexibility index (Phi) is 11.5. The van der Waals surface area contributed by atoms with E-state index in [9.17, 15) is 20.1 Å². The molecule has 38 heavy (non-hydrogen) atoms. The van der Waals surface area contributed by atoms with Crippen molar-refractivity contribution in [1.29, 1.82) is 0 Å². The summed E-state index contributed by atoms with van der Waals surface area (Å²) in [5.74, 6) is 2.03. The quantitative estimate of drug-likeness (QED) is 0.218. The van der Waals surface area contributed by atoms with E-state index < -0.39 is 47.4 Å². The van der Waals surface area contributed by atoms with Crippen LogP contribution in [0.2, 0.25) is 0 Å². The van der Waals surface area contributed by atoms with E-state index in [0.717, 1.165) is 19.4 Å². The molecule has 0 aromatic rings. The van der Waals surface area contributed by atoms with E-state index in [2.05, 4.69) is 30.6 Å². The van der Waals surface area contributed by atoms with Crippen molar-refractivity contribution < 1.29 is 39.5 Å². The summed E-state index contributed by atoms with van der Waals surface area (Å²) in [5, 5.41) is 45.4. The molecule has 10 atom stereocenters. The molecule has 218 valence electrons. The predicted octanol–water partition coefficient (Wildman–Crippen LogP) is 1.13. The molecule has 3 saturated heterocycles. The maximum Gasteiger partial charge on any atom is 0.290 e. The minimum absolute atomic E-state index is 0.167. The lowest BCUT2D eigenvalue weighted by Gasteiger charge is -2.48. The Hall–Kier alpha value is -1.21. The highest BCUT2D eigenvalue weighted by Crippen LogP contribution is 2.39. The topological polar surface area (TPSA) is 158 Å². The summed E-state index contributed by atoms with van der Waals surface area (Å²) in [7, 11) is 0. The SMILES string of the molecule is CC(C)C[C@@H]1CCO[C@@H]2[C@H](CN[C@@H]2C(=O)N[C@H]2[C@H]3O[C@H](SC/C=C/CC2(C)C)[C@H](O)[C@@H](O)[C@H]3O)C1.O=CO. The van der Waals surface area contributed by atoms with Crippen LogP contribution in [0.5, 0.6) is 0 Å². The molecule has 6 N–H and O–H groups in total. The van der Waals surface area contributed by atoms with Gasteiger partial charge in [0.05, 0.1) is 12.1 Å². The van der Waals surface area contributed by atoms with Crippen LogP contribution in [0.15, 0.2) is 12.2 Å². The third kappa shape index (κ3) is 7.50. The van der Waals surface area contributed by atoms with Crippen molar-refractivity contribution in [3.63, 3.8) is 0 Å². The number of aliphatic hydroxyl groups excluding tert-OH is 3. The standard InChI is InChI=1S/C26H44N2O6S.CH2O2/c1-14(2)11-15-7-9-33-21-16(12-15)13-27-17(21)24(32)28-23-22-19(30)18(29)20(31)25(34-22)35-10-6-5-8-26(23,3)4;2-1-3/h5-6,14-23,25,27,29-31H,7-13H2,1-4H3,(H,28,32);1H,(H,2,3)/b6-5+;/t15-,16-,17-,18-,19+,20+,21+,22-,23-,25+;/m0./s1. The number of amides is 1. The highest BCUT2D eigenvalue weighted by Gasteiger charge is 2.52. The molecular formula is C27H46N2O8S. The molecule has 0 aliphatic carbocycles. The second-order valence-corrected chi connectivity index (χ2v) is 13.2. The maximum absolute atomic E-state index is 13.7. The van der Waals surface area contributed by atoms with Gasteiger partial charge in [-0.3, -0.25) is 9.59 Å². The molecule has 0 spiro atoms. The molecule has 0 radical (unpaired) electrons. The van der Waals surface area contributed by atoms with Gasteiger partial charge in [0, 0.05) is 18.9 Å². The van der Waals surface area contributed by atoms with Crippen molar-refractivity contribution in [2.45, 2.75) is 101 Å². The second kappa shape index (κ2) is 13.9. The van der Waals surface area contributed by atoms with Gasteiger partial charge in [0.15, 0.2) is 0 Å². The highest BCUT2D eigenvalue weighted by molar-refractivity contribution is 7.99. The molecule has 4 aliphatic rings. The number of rotatable bonds is 4. The van der Waals surface area contributed by atoms with E-state index in [0.29, 0.717) is 36.5 Å². The van der Waals surface area contributed by atoms with E-state index in [4.69, 9.17) is 19.4 Å². The Morgan fingerprint density at radius 3 is 2.58 bits per heavy atom. The van der Waals surface area contributed by atoms with Gasteiger partial charge in [0.2, 0.25) is 5.91 Å². The van der Waals surface area contributed by atoms with Crippen molar-refractivity contribution in [3.8, 4) is 0 Å². The number of thioether (sulfide) groups is 1. The fourth-order valence-corrected chi connectivity index (χ4v) is 7.26. The first-order chi connectivity index (χ1) is 18.0. The summed E-state index contributed by atoms with van der Waals surface area (Å²) < 4.78 is 12.4. The van der Waals surface area contributed by atoms with Gasteiger partial charge in [-0.05, 0) is 48.9 Å². The van der Waals surface area contributed by atoms with Crippen molar-refractivity contribution in [2.24, 2.45) is 23.2 Å². The molecule has 11 heteroatoms. The molecule has 0 unspecified atom stereocenters. The number of hydrogen-bond acceptors (Lipinski definition) is 9. The number of ether oxygens (including phenoxy) is 2. The molecule has 0 saturated carbocycles. The van der Waals surface area contributed by atoms with Crippen LogP contribution in [0, 0.1) is 23.2 Å². The van der Waals surface area contributed by atoms with Crippen molar-refractivity contribution >= 4 is 24.1 Å². The fraction of sp³-hybridized carbons (Fsp3) is 0.852. The van der Waals surface area contributed by atoms with Crippen LogP contribution in [-0.2, 0) is 19.1 Å². The monoisotopic (exact) mass is 558 g/mol. The largest absolute Gasteiger partial charge is 0.483 e. The van der Waals surface area contributed by atoms with Crippen molar-refractivity contribution in [1.82, 2.24) is 10.6 Å². The molecule has 0 aromatic heterocycles. The van der Waals surface area contributed by atoms with E-state index in [1.54, 1.807) is 0 Å². The Morgan fingerprint density at radius 1 is 1.18 bits per heavy atom. The van der Waals surface area contributed by atoms with Crippen LogP contribution in [0.4, 0.5) is 0 Å². The number of hydrogen-bond donors (Lipinski definition) is 6. The van der Waals surface area contributed by atoms with Crippen molar-refractivity contribution in [3.05, 3.63) is 12.2 Å². The normalized spacial score (nSPS) is 41.6. The molecule has 0 aromatic carbocycles. The molecule has 4 aliphatic heterocycles. The van der Waals surface area contributed by atoms with Crippen LogP contribution in [0.25, 0.3) is 0 Å². The van der Waals surface area contributed by atoms with E-state index in [1.807, 2.05) is 19.9 Å². The molecule has 4 heterocycles. The Bertz CT molecular complexity index is 812. The molecule has 1 amide bonds. The molecule has 3 fully saturated rings. The lowest BCUT2D eigenvalue weighted by atomic mass is 9.75. The van der Waals surface area contributed by atoms with E-state index in [-0.39, 0.29) is 18.5 Å². The summed E-state index contributed by atoms with van der Waals surface area (Å²) in [5.41, 5.74) is -1.15. The van der Waals surface area contributed by atoms with Crippen LogP contribution >= 0.6 is 11.8 Å². The van der Waals surface area contributed by atoms with Gasteiger partial charge < -0.3 is 40.5 Å². The molecule has 2 bridgehead atoms. The van der Waals surface area contributed by atoms with Crippen molar-refractivity contribution in [2.75, 3.05) is 18.9 Å². The zero-order chi connectivity index (χ0) is 28.0. The number of aliphatic hydroxyl groups is 3. The van der Waals surface area contributed by atoms with Crippen LogP contribution < -0.4 is 10.6 Å². The van der Waals surface area contributed by atoms with Gasteiger partial charge >= 0.3 is 0 Å². The van der Waals surface area contributed by atoms with Crippen LogP contribution in [0.3, 0.4) is 0 Å². The summed E-state index contributed by atoms with van der Waals surface area (Å²) in [6.45, 7) is 9.73. The molecule has 4 rings (SSSR count). The summed E-state index contributed by atoms with van der Waals surface area (Å²) >= 11 is 1.38. The second-order valence-electron chi connectivity index (χ2n) is 12.0. The lowest BCUT2D eigenvalue weighted by molar-refractivity contribution is -0.212. The van der Waals surface area contributed by atoms with Gasteiger partial charge in [0.1, 0.15) is 35.9 Å². The minimum Gasteiger partial charge on any atom is -0.483 e. The fourth-order valence-electron chi connectivity index (χ4n) is 6.26. The number of carboxylic acid groups (broad SMARTS) is 1. The Labute approximate surface area is 229 Å². The average Bonchev–Trinajstić information content (AvgIpc) is 3.13. The first-order valence-corrected chi connectivity index (χ1v) is 14.7. The number of nitrogens with one attached hydrogen (secondary N) is 2. The predicted molar refractivity (Wildman–Crippen MR) is 145 cm³/mol. The minimum atomic E-state index is -1.35. The van der Waals surface area contributed by atoms with Gasteiger partial charge in [-0.2, -0.15) is 0 Å².